The van der Waals surface area contributed by atoms with Crippen molar-refractivity contribution in [1.82, 2.24) is 4.90 Å². The first-order valence-corrected chi connectivity index (χ1v) is 6.14. The van der Waals surface area contributed by atoms with Crippen LogP contribution in [0.2, 0.25) is 0 Å². The molecule has 0 unspecified atom stereocenters. The van der Waals surface area contributed by atoms with Gasteiger partial charge in [0, 0.05) is 24.8 Å². The number of halogens is 3. The average Bonchev–Trinajstić information content (AvgIpc) is 2.39. The fourth-order valence-electron chi connectivity index (χ4n) is 2.18. The lowest BCUT2D eigenvalue weighted by molar-refractivity contribution is -0.186. The third kappa shape index (κ3) is 3.62. The standard InChI is InChI=1S/C13H15F3N2O/c14-13(15,16)12(19)18-8-6-11(7-9-18)17-10-4-2-1-3-5-10/h1-5,11,17H,6-9H2. The van der Waals surface area contributed by atoms with Gasteiger partial charge in [-0.05, 0) is 25.0 Å². The molecule has 1 heterocycles. The quantitative estimate of drug-likeness (QED) is 0.897. The molecule has 1 aromatic rings. The average molecular weight is 272 g/mol. The van der Waals surface area contributed by atoms with E-state index < -0.39 is 12.1 Å². The van der Waals surface area contributed by atoms with Crippen molar-refractivity contribution >= 4 is 11.6 Å². The number of carbonyl (C=O) groups excluding carboxylic acids is 1. The Morgan fingerprint density at radius 2 is 1.74 bits per heavy atom. The molecule has 2 rings (SSSR count). The second kappa shape index (κ2) is 5.50. The highest BCUT2D eigenvalue weighted by molar-refractivity contribution is 5.81. The molecule has 0 spiro atoms. The molecular weight excluding hydrogens is 257 g/mol. The van der Waals surface area contributed by atoms with Crippen molar-refractivity contribution in [3.05, 3.63) is 30.3 Å². The maximum absolute atomic E-state index is 12.3. The Kier molecular flexibility index (Phi) is 3.97. The van der Waals surface area contributed by atoms with Crippen molar-refractivity contribution in [1.29, 1.82) is 0 Å². The molecule has 104 valence electrons. The van der Waals surface area contributed by atoms with Gasteiger partial charge in [0.05, 0.1) is 0 Å². The van der Waals surface area contributed by atoms with Gasteiger partial charge in [0.2, 0.25) is 0 Å². The molecule has 1 aliphatic rings. The van der Waals surface area contributed by atoms with E-state index in [1.807, 2.05) is 30.3 Å². The van der Waals surface area contributed by atoms with E-state index in [2.05, 4.69) is 5.32 Å². The number of anilines is 1. The molecule has 0 atom stereocenters. The van der Waals surface area contributed by atoms with E-state index in [-0.39, 0.29) is 19.1 Å². The molecule has 3 nitrogen and oxygen atoms in total. The number of likely N-dealkylation sites (tertiary alicyclic amines) is 1. The van der Waals surface area contributed by atoms with Gasteiger partial charge in [-0.2, -0.15) is 13.2 Å². The van der Waals surface area contributed by atoms with Crippen molar-refractivity contribution in [3.8, 4) is 0 Å². The van der Waals surface area contributed by atoms with Gasteiger partial charge in [-0.1, -0.05) is 18.2 Å². The fraction of sp³-hybridized carbons (Fsp3) is 0.462. The summed E-state index contributed by atoms with van der Waals surface area (Å²) < 4.78 is 36.8. The molecule has 1 N–H and O–H groups in total. The van der Waals surface area contributed by atoms with Crippen LogP contribution in [0, 0.1) is 0 Å². The minimum Gasteiger partial charge on any atom is -0.382 e. The zero-order chi connectivity index (χ0) is 13.9. The molecule has 1 saturated heterocycles. The van der Waals surface area contributed by atoms with Crippen molar-refractivity contribution in [2.24, 2.45) is 0 Å². The van der Waals surface area contributed by atoms with Gasteiger partial charge in [0.1, 0.15) is 0 Å². The molecule has 0 bridgehead atoms. The molecule has 6 heteroatoms. The van der Waals surface area contributed by atoms with Crippen molar-refractivity contribution < 1.29 is 18.0 Å². The number of hydrogen-bond donors (Lipinski definition) is 1. The van der Waals surface area contributed by atoms with Crippen LogP contribution in [0.4, 0.5) is 18.9 Å². The minimum absolute atomic E-state index is 0.111. The summed E-state index contributed by atoms with van der Waals surface area (Å²) in [6.45, 7) is 0.283. The Bertz CT molecular complexity index is 425. The second-order valence-electron chi connectivity index (χ2n) is 4.57. The highest BCUT2D eigenvalue weighted by atomic mass is 19.4. The summed E-state index contributed by atoms with van der Waals surface area (Å²) in [6, 6.07) is 9.62. The number of carbonyl (C=O) groups is 1. The van der Waals surface area contributed by atoms with Gasteiger partial charge in [-0.15, -0.1) is 0 Å². The van der Waals surface area contributed by atoms with Crippen LogP contribution in [0.1, 0.15) is 12.8 Å². The van der Waals surface area contributed by atoms with Crippen molar-refractivity contribution in [2.45, 2.75) is 25.1 Å². The topological polar surface area (TPSA) is 32.3 Å². The summed E-state index contributed by atoms with van der Waals surface area (Å²) in [7, 11) is 0. The Morgan fingerprint density at radius 3 is 2.26 bits per heavy atom. The van der Waals surface area contributed by atoms with Crippen LogP contribution in [0.15, 0.2) is 30.3 Å². The second-order valence-corrected chi connectivity index (χ2v) is 4.57. The highest BCUT2D eigenvalue weighted by Gasteiger charge is 2.43. The fourth-order valence-corrected chi connectivity index (χ4v) is 2.18. The summed E-state index contributed by atoms with van der Waals surface area (Å²) >= 11 is 0. The molecule has 0 saturated carbocycles. The minimum atomic E-state index is -4.76. The summed E-state index contributed by atoms with van der Waals surface area (Å²) in [5, 5.41) is 3.26. The third-order valence-corrected chi connectivity index (χ3v) is 3.17. The van der Waals surface area contributed by atoms with E-state index in [1.54, 1.807) is 0 Å². The van der Waals surface area contributed by atoms with E-state index >= 15 is 0 Å². The Balaban J connectivity index is 1.85. The number of hydrogen-bond acceptors (Lipinski definition) is 2. The van der Waals surface area contributed by atoms with Gasteiger partial charge in [-0.3, -0.25) is 4.79 Å². The number of amides is 1. The summed E-state index contributed by atoms with van der Waals surface area (Å²) in [4.78, 5) is 11.9. The molecule has 0 aliphatic carbocycles. The third-order valence-electron chi connectivity index (χ3n) is 3.17. The van der Waals surface area contributed by atoms with Gasteiger partial charge in [-0.25, -0.2) is 0 Å². The molecular formula is C13H15F3N2O. The lowest BCUT2D eigenvalue weighted by Crippen LogP contribution is -2.47. The van der Waals surface area contributed by atoms with E-state index in [1.165, 1.54) is 0 Å². The largest absolute Gasteiger partial charge is 0.471 e. The van der Waals surface area contributed by atoms with Crippen LogP contribution in [0.25, 0.3) is 0 Å². The normalized spacial score (nSPS) is 17.3. The molecule has 19 heavy (non-hydrogen) atoms. The predicted octanol–water partition coefficient (Wildman–Crippen LogP) is 2.65. The van der Waals surface area contributed by atoms with E-state index in [0.717, 1.165) is 10.6 Å². The van der Waals surface area contributed by atoms with E-state index in [0.29, 0.717) is 12.8 Å². The lowest BCUT2D eigenvalue weighted by Gasteiger charge is -2.33. The molecule has 1 fully saturated rings. The first kappa shape index (κ1) is 13.7. The lowest BCUT2D eigenvalue weighted by atomic mass is 10.0. The number of para-hydroxylation sites is 1. The number of nitrogens with zero attached hydrogens (tertiary/aromatic N) is 1. The summed E-state index contributed by atoms with van der Waals surface area (Å²) in [6.07, 6.45) is -3.72. The first-order chi connectivity index (χ1) is 8.97. The van der Waals surface area contributed by atoms with Gasteiger partial charge >= 0.3 is 12.1 Å². The van der Waals surface area contributed by atoms with Crippen LogP contribution in [0.3, 0.4) is 0 Å². The molecule has 0 radical (unpaired) electrons. The summed E-state index contributed by atoms with van der Waals surface area (Å²) in [5.41, 5.74) is 0.947. The summed E-state index contributed by atoms with van der Waals surface area (Å²) in [5.74, 6) is -1.73. The van der Waals surface area contributed by atoms with Crippen molar-refractivity contribution in [3.63, 3.8) is 0 Å². The molecule has 0 aromatic heterocycles. The van der Waals surface area contributed by atoms with Gasteiger partial charge in [0.15, 0.2) is 0 Å². The van der Waals surface area contributed by atoms with E-state index in [9.17, 15) is 18.0 Å². The van der Waals surface area contributed by atoms with Gasteiger partial charge < -0.3 is 10.2 Å². The molecule has 1 aromatic carbocycles. The number of piperidine rings is 1. The van der Waals surface area contributed by atoms with E-state index in [4.69, 9.17) is 0 Å². The first-order valence-electron chi connectivity index (χ1n) is 6.14. The molecule has 1 aliphatic heterocycles. The smallest absolute Gasteiger partial charge is 0.382 e. The van der Waals surface area contributed by atoms with Crippen LogP contribution in [-0.4, -0.2) is 36.1 Å². The van der Waals surface area contributed by atoms with Crippen LogP contribution >= 0.6 is 0 Å². The molecule has 1 amide bonds. The maximum atomic E-state index is 12.3. The maximum Gasteiger partial charge on any atom is 0.471 e. The van der Waals surface area contributed by atoms with Crippen molar-refractivity contribution in [2.75, 3.05) is 18.4 Å². The zero-order valence-electron chi connectivity index (χ0n) is 10.3. The van der Waals surface area contributed by atoms with Crippen LogP contribution in [0.5, 0.6) is 0 Å². The monoisotopic (exact) mass is 272 g/mol. The van der Waals surface area contributed by atoms with Crippen LogP contribution < -0.4 is 5.32 Å². The SMILES string of the molecule is O=C(N1CCC(Nc2ccccc2)CC1)C(F)(F)F. The number of benzene rings is 1. The highest BCUT2D eigenvalue weighted by Crippen LogP contribution is 2.22. The van der Waals surface area contributed by atoms with Crippen LogP contribution in [-0.2, 0) is 4.79 Å². The zero-order valence-corrected chi connectivity index (χ0v) is 10.3. The Hall–Kier alpha value is -1.72. The van der Waals surface area contributed by atoms with Gasteiger partial charge in [0.25, 0.3) is 0 Å². The Morgan fingerprint density at radius 1 is 1.16 bits per heavy atom. The number of alkyl halides is 3. The number of rotatable bonds is 2. The predicted molar refractivity (Wildman–Crippen MR) is 65.7 cm³/mol. The number of nitrogens with one attached hydrogen (secondary N) is 1. The Labute approximate surface area is 109 Å².